The fourth-order valence-electron chi connectivity index (χ4n) is 10.2. The number of aldehydes is 1. The van der Waals surface area contributed by atoms with E-state index in [-0.39, 0.29) is 18.4 Å². The summed E-state index contributed by atoms with van der Waals surface area (Å²) in [5.41, 5.74) is 9.53. The standard InChI is InChI=1S/C28H29Cl2N5O3.C14H11Cl2NO2.C14H18N4O2/c1-33-26(28(36)37-2)19-9-8-18(16-23(19)31-33)35-14-12-34(13-15-35)11-10-20-25(32-38-27(20)17-6-7-17)24-21(29)4-3-5-22(24)30;15-10-2-1-3-11(16)12(10)13-9(6-7-18)14(19-17-13)8-4-5-8;1-17-13(14(19)20-2)11-4-3-10(9-12(11)16-17)18-7-5-15-6-8-18/h3-5,8-9,16-17H,6-7,10-15H2,1-2H3;1-3,7-8H,4-6H2;3-4,9,15H,5-8H2,1-2H3. The van der Waals surface area contributed by atoms with E-state index in [1.807, 2.05) is 42.5 Å². The van der Waals surface area contributed by atoms with E-state index < -0.39 is 0 Å². The number of benzene rings is 4. The van der Waals surface area contributed by atoms with Crippen molar-refractivity contribution < 1.29 is 32.9 Å². The lowest BCUT2D eigenvalue weighted by Gasteiger charge is -2.36. The van der Waals surface area contributed by atoms with E-state index in [9.17, 15) is 14.4 Å². The molecule has 21 heteroatoms. The molecule has 2 saturated carbocycles. The summed E-state index contributed by atoms with van der Waals surface area (Å²) < 4.78 is 24.1. The molecule has 402 valence electrons. The number of nitrogens with zero attached hydrogens (tertiary/aromatic N) is 9. The van der Waals surface area contributed by atoms with E-state index in [0.717, 1.165) is 164 Å². The first-order chi connectivity index (χ1) is 37.4. The Morgan fingerprint density at radius 1 is 0.636 bits per heavy atom. The fourth-order valence-corrected chi connectivity index (χ4v) is 11.4. The number of carbonyl (C=O) groups excluding carboxylic acids is 3. The van der Waals surface area contributed by atoms with Crippen molar-refractivity contribution in [1.82, 2.24) is 40.1 Å². The van der Waals surface area contributed by atoms with E-state index >= 15 is 0 Å². The zero-order valence-corrected chi connectivity index (χ0v) is 46.2. The van der Waals surface area contributed by atoms with Crippen LogP contribution in [0.2, 0.25) is 20.1 Å². The minimum Gasteiger partial charge on any atom is -0.464 e. The Labute approximate surface area is 465 Å². The second-order valence-electron chi connectivity index (χ2n) is 19.5. The van der Waals surface area contributed by atoms with E-state index in [4.69, 9.17) is 64.9 Å². The predicted octanol–water partition coefficient (Wildman–Crippen LogP) is 10.6. The summed E-state index contributed by atoms with van der Waals surface area (Å²) in [6.45, 7) is 8.58. The smallest absolute Gasteiger partial charge is 0.356 e. The van der Waals surface area contributed by atoms with Crippen molar-refractivity contribution in [3.63, 3.8) is 0 Å². The van der Waals surface area contributed by atoms with Gasteiger partial charge in [0.05, 0.1) is 45.3 Å². The van der Waals surface area contributed by atoms with Crippen LogP contribution >= 0.6 is 46.4 Å². The maximum Gasteiger partial charge on any atom is 0.356 e. The highest BCUT2D eigenvalue weighted by atomic mass is 35.5. The third-order valence-corrected chi connectivity index (χ3v) is 15.8. The maximum atomic E-state index is 12.2. The predicted molar refractivity (Wildman–Crippen MR) is 299 cm³/mol. The third kappa shape index (κ3) is 11.6. The summed E-state index contributed by atoms with van der Waals surface area (Å²) in [4.78, 5) is 42.0. The molecule has 4 aromatic carbocycles. The van der Waals surface area contributed by atoms with Gasteiger partial charge in [-0.25, -0.2) is 9.59 Å². The first-order valence-corrected chi connectivity index (χ1v) is 27.2. The Balaban J connectivity index is 0.000000145. The molecular formula is C56H58Cl4N10O7. The normalized spacial score (nSPS) is 15.7. The summed E-state index contributed by atoms with van der Waals surface area (Å²) in [5, 5.41) is 24.6. The van der Waals surface area contributed by atoms with Crippen LogP contribution in [0.5, 0.6) is 0 Å². The van der Waals surface area contributed by atoms with Gasteiger partial charge in [-0.2, -0.15) is 10.2 Å². The van der Waals surface area contributed by atoms with Crippen molar-refractivity contribution in [3.8, 4) is 22.5 Å². The van der Waals surface area contributed by atoms with Crippen LogP contribution in [0.3, 0.4) is 0 Å². The van der Waals surface area contributed by atoms with Crippen molar-refractivity contribution in [3.05, 3.63) is 127 Å². The number of rotatable bonds is 13. The number of hydrogen-bond acceptors (Lipinski definition) is 15. The highest BCUT2D eigenvalue weighted by molar-refractivity contribution is 6.39. The molecule has 6 heterocycles. The topological polar surface area (TPSA) is 179 Å². The van der Waals surface area contributed by atoms with Gasteiger partial charge in [0, 0.05) is 136 Å². The van der Waals surface area contributed by atoms with E-state index in [1.54, 1.807) is 41.7 Å². The molecule has 0 bridgehead atoms. The number of aromatic nitrogens is 6. The Bertz CT molecular complexity index is 3420. The largest absolute Gasteiger partial charge is 0.464 e. The Morgan fingerprint density at radius 2 is 1.08 bits per heavy atom. The first kappa shape index (κ1) is 53.9. The molecule has 2 aliphatic heterocycles. The molecule has 77 heavy (non-hydrogen) atoms. The average molecular weight is 1120 g/mol. The lowest BCUT2D eigenvalue weighted by Crippen LogP contribution is -2.47. The second-order valence-corrected chi connectivity index (χ2v) is 21.1. The van der Waals surface area contributed by atoms with Crippen LogP contribution in [0, 0.1) is 0 Å². The molecule has 12 rings (SSSR count). The molecule has 8 aromatic rings. The summed E-state index contributed by atoms with van der Waals surface area (Å²) >= 11 is 25.4. The number of esters is 2. The van der Waals surface area contributed by atoms with Gasteiger partial charge >= 0.3 is 11.9 Å². The zero-order chi connectivity index (χ0) is 53.9. The van der Waals surface area contributed by atoms with Gasteiger partial charge in [0.1, 0.15) is 29.2 Å². The van der Waals surface area contributed by atoms with E-state index in [1.165, 1.54) is 14.2 Å². The van der Waals surface area contributed by atoms with Gasteiger partial charge < -0.3 is 38.4 Å². The highest BCUT2D eigenvalue weighted by Gasteiger charge is 2.35. The van der Waals surface area contributed by atoms with Crippen molar-refractivity contribution in [1.29, 1.82) is 0 Å². The van der Waals surface area contributed by atoms with Crippen LogP contribution < -0.4 is 15.1 Å². The molecule has 0 spiro atoms. The number of piperazine rings is 2. The molecule has 4 aliphatic rings. The van der Waals surface area contributed by atoms with Crippen LogP contribution in [0.15, 0.2) is 81.8 Å². The Hall–Kier alpha value is -6.47. The lowest BCUT2D eigenvalue weighted by atomic mass is 10.0. The number of methoxy groups -OCH3 is 2. The molecule has 0 unspecified atom stereocenters. The molecule has 0 amide bonds. The summed E-state index contributed by atoms with van der Waals surface area (Å²) in [7, 11) is 6.30. The fraction of sp³-hybridized carbons (Fsp3) is 0.375. The summed E-state index contributed by atoms with van der Waals surface area (Å²) in [6.07, 6.45) is 6.39. The van der Waals surface area contributed by atoms with Crippen LogP contribution in [0.4, 0.5) is 11.4 Å². The van der Waals surface area contributed by atoms with Crippen LogP contribution in [0.1, 0.15) is 81.1 Å². The molecule has 0 atom stereocenters. The second kappa shape index (κ2) is 23.6. The molecule has 4 aromatic heterocycles. The van der Waals surface area contributed by atoms with Gasteiger partial charge in [0.25, 0.3) is 0 Å². The lowest BCUT2D eigenvalue weighted by molar-refractivity contribution is -0.107. The summed E-state index contributed by atoms with van der Waals surface area (Å²) in [6, 6.07) is 22.9. The van der Waals surface area contributed by atoms with E-state index in [0.29, 0.717) is 54.6 Å². The molecule has 2 saturated heterocycles. The van der Waals surface area contributed by atoms with Crippen LogP contribution in [0.25, 0.3) is 44.3 Å². The summed E-state index contributed by atoms with van der Waals surface area (Å²) in [5.74, 6) is 1.89. The molecule has 0 radical (unpaired) electrons. The van der Waals surface area contributed by atoms with Crippen LogP contribution in [-0.2, 0) is 41.2 Å². The van der Waals surface area contributed by atoms with Crippen molar-refractivity contribution in [2.24, 2.45) is 14.1 Å². The van der Waals surface area contributed by atoms with Crippen molar-refractivity contribution in [2.45, 2.75) is 50.4 Å². The van der Waals surface area contributed by atoms with Gasteiger partial charge in [-0.05, 0) is 92.8 Å². The number of carbonyl (C=O) groups is 3. The molecule has 2 aliphatic carbocycles. The van der Waals surface area contributed by atoms with Crippen LogP contribution in [-0.4, -0.2) is 126 Å². The molecule has 17 nitrogen and oxygen atoms in total. The van der Waals surface area contributed by atoms with Gasteiger partial charge in [0.15, 0.2) is 11.4 Å². The number of fused-ring (bicyclic) bond motifs is 2. The minimum atomic E-state index is -0.381. The maximum absolute atomic E-state index is 12.2. The highest BCUT2D eigenvalue weighted by Crippen LogP contribution is 2.47. The average Bonchev–Trinajstić information content (AvgIpc) is 4.33. The van der Waals surface area contributed by atoms with Gasteiger partial charge in [-0.3, -0.25) is 14.3 Å². The number of halogens is 4. The minimum absolute atomic E-state index is 0.270. The van der Waals surface area contributed by atoms with Gasteiger partial charge in [-0.1, -0.05) is 68.8 Å². The number of aryl methyl sites for hydroxylation is 2. The van der Waals surface area contributed by atoms with Crippen molar-refractivity contribution in [2.75, 3.05) is 82.9 Å². The van der Waals surface area contributed by atoms with Crippen molar-refractivity contribution >= 4 is 97.8 Å². The Kier molecular flexibility index (Phi) is 16.6. The third-order valence-electron chi connectivity index (χ3n) is 14.5. The van der Waals surface area contributed by atoms with Gasteiger partial charge in [-0.15, -0.1) is 0 Å². The zero-order valence-electron chi connectivity index (χ0n) is 43.2. The van der Waals surface area contributed by atoms with E-state index in [2.05, 4.69) is 52.7 Å². The SMILES string of the molecule is COC(=O)c1c2ccc(N3CCN(CCc4c(-c5c(Cl)cccc5Cl)noc4C4CC4)CC3)cc2nn1C.COC(=O)c1c2ccc(N3CCNCC3)cc2nn1C.O=CCc1c(-c2c(Cl)cccc2Cl)noc1C1CC1. The first-order valence-electron chi connectivity index (χ1n) is 25.7. The molecular weight excluding hydrogens is 1070 g/mol. The number of hydrogen-bond donors (Lipinski definition) is 1. The quantitative estimate of drug-likeness (QED) is 0.0851. The number of anilines is 2. The van der Waals surface area contributed by atoms with Gasteiger partial charge in [0.2, 0.25) is 0 Å². The molecule has 4 fully saturated rings. The number of ether oxygens (including phenoxy) is 2. The monoisotopic (exact) mass is 1120 g/mol. The Morgan fingerprint density at radius 3 is 1.52 bits per heavy atom. The number of nitrogens with one attached hydrogen (secondary N) is 1. The molecule has 1 N–H and O–H groups in total.